The number of carbonyl (C=O) groups is 3. The number of likely N-dealkylation sites (tertiary alicyclic amines) is 1. The number of carbonyl (C=O) groups excluding carboxylic acids is 3. The lowest BCUT2D eigenvalue weighted by molar-refractivity contribution is -0.155. The van der Waals surface area contributed by atoms with Crippen LogP contribution in [0.3, 0.4) is 0 Å². The van der Waals surface area contributed by atoms with Crippen molar-refractivity contribution in [3.63, 3.8) is 0 Å². The van der Waals surface area contributed by atoms with Gasteiger partial charge in [0, 0.05) is 6.54 Å². The van der Waals surface area contributed by atoms with Crippen molar-refractivity contribution in [1.82, 2.24) is 4.90 Å². The van der Waals surface area contributed by atoms with Gasteiger partial charge in [0.1, 0.15) is 11.6 Å². The summed E-state index contributed by atoms with van der Waals surface area (Å²) in [6, 6.07) is 12.5. The summed E-state index contributed by atoms with van der Waals surface area (Å²) < 4.78 is 11.9. The Labute approximate surface area is 233 Å². The summed E-state index contributed by atoms with van der Waals surface area (Å²) in [5.41, 5.74) is 0.734. The van der Waals surface area contributed by atoms with E-state index in [1.807, 2.05) is 43.3 Å². The highest BCUT2D eigenvalue weighted by molar-refractivity contribution is 6.34. The van der Waals surface area contributed by atoms with E-state index in [-0.39, 0.29) is 13.2 Å². The molecule has 0 aliphatic carbocycles. The molecule has 0 radical (unpaired) electrons. The molecule has 1 N–H and O–H groups in total. The highest BCUT2D eigenvalue weighted by atomic mass is 35.5. The largest absolute Gasteiger partial charge is 0.466 e. The maximum Gasteiger partial charge on any atom is 0.312 e. The predicted octanol–water partition coefficient (Wildman–Crippen LogP) is 3.84. The number of anilines is 1. The van der Waals surface area contributed by atoms with Crippen molar-refractivity contribution in [3.8, 4) is 0 Å². The standard InChI is InChI=1S/C30H33ClN2O6/c1-4-16-32(25-18(3)10-9-13-20(25)31)28(36)26-30-15-14-22(39-30)23(29(37)38-5-2)24(30)27(35)33(26)21(17-34)19-11-7-6-8-12-19/h4,6-13,21-24,26,34H,1,5,14-17H2,2-3H3/t21-,22-,23+,24+,26-,30+/m1/s1. The van der Waals surface area contributed by atoms with Crippen LogP contribution in [0.5, 0.6) is 0 Å². The van der Waals surface area contributed by atoms with Gasteiger partial charge >= 0.3 is 5.97 Å². The van der Waals surface area contributed by atoms with Crippen LogP contribution < -0.4 is 4.90 Å². The number of halogens is 1. The number of ether oxygens (including phenoxy) is 2. The summed E-state index contributed by atoms with van der Waals surface area (Å²) in [4.78, 5) is 45.1. The van der Waals surface area contributed by atoms with Gasteiger partial charge in [-0.2, -0.15) is 0 Å². The summed E-state index contributed by atoms with van der Waals surface area (Å²) in [5.74, 6) is -3.02. The van der Waals surface area contributed by atoms with E-state index in [1.54, 1.807) is 25.1 Å². The number of hydrogen-bond donors (Lipinski definition) is 1. The maximum absolute atomic E-state index is 14.7. The second-order valence-corrected chi connectivity index (χ2v) is 10.7. The first kappa shape index (κ1) is 27.4. The summed E-state index contributed by atoms with van der Waals surface area (Å²) in [6.07, 6.45) is 2.03. The number of fused-ring (bicyclic) bond motifs is 1. The van der Waals surface area contributed by atoms with Crippen LogP contribution in [-0.2, 0) is 23.9 Å². The number of nitrogens with zero attached hydrogens (tertiary/aromatic N) is 2. The average Bonchev–Trinajstić information content (AvgIpc) is 3.57. The number of para-hydroxylation sites is 1. The Hall–Kier alpha value is -3.20. The zero-order valence-corrected chi connectivity index (χ0v) is 22.8. The molecule has 0 unspecified atom stereocenters. The Bertz CT molecular complexity index is 1270. The molecule has 8 nitrogen and oxygen atoms in total. The number of benzene rings is 2. The quantitative estimate of drug-likeness (QED) is 0.375. The van der Waals surface area contributed by atoms with Crippen molar-refractivity contribution in [2.24, 2.45) is 11.8 Å². The summed E-state index contributed by atoms with van der Waals surface area (Å²) in [7, 11) is 0. The van der Waals surface area contributed by atoms with Gasteiger partial charge in [-0.3, -0.25) is 14.4 Å². The first-order valence-electron chi connectivity index (χ1n) is 13.3. The molecule has 3 fully saturated rings. The zero-order valence-electron chi connectivity index (χ0n) is 22.1. The molecule has 0 saturated carbocycles. The van der Waals surface area contributed by atoms with Gasteiger partial charge in [0.2, 0.25) is 5.91 Å². The third kappa shape index (κ3) is 4.26. The molecule has 1 spiro atoms. The summed E-state index contributed by atoms with van der Waals surface area (Å²) in [6.45, 7) is 7.32. The molecule has 6 atom stereocenters. The minimum Gasteiger partial charge on any atom is -0.466 e. The normalized spacial score (nSPS) is 27.8. The van der Waals surface area contributed by atoms with Gasteiger partial charge in [-0.1, -0.05) is 60.1 Å². The molecular weight excluding hydrogens is 520 g/mol. The number of rotatable bonds is 9. The molecule has 5 rings (SSSR count). The molecule has 2 amide bonds. The van der Waals surface area contributed by atoms with Gasteiger partial charge < -0.3 is 24.4 Å². The first-order chi connectivity index (χ1) is 18.8. The molecule has 39 heavy (non-hydrogen) atoms. The lowest BCUT2D eigenvalue weighted by atomic mass is 9.70. The fraction of sp³-hybridized carbons (Fsp3) is 0.433. The van der Waals surface area contributed by atoms with Crippen LogP contribution in [0.1, 0.15) is 36.9 Å². The number of amides is 2. The molecule has 9 heteroatoms. The van der Waals surface area contributed by atoms with Gasteiger partial charge in [-0.25, -0.2) is 0 Å². The van der Waals surface area contributed by atoms with Crippen LogP contribution in [-0.4, -0.2) is 65.3 Å². The van der Waals surface area contributed by atoms with Crippen LogP contribution in [0.25, 0.3) is 0 Å². The van der Waals surface area contributed by atoms with Gasteiger partial charge in [0.25, 0.3) is 5.91 Å². The van der Waals surface area contributed by atoms with Crippen LogP contribution >= 0.6 is 11.6 Å². The van der Waals surface area contributed by atoms with Crippen molar-refractivity contribution >= 4 is 35.1 Å². The molecule has 2 bridgehead atoms. The molecule has 3 aliphatic rings. The third-order valence-corrected chi connectivity index (χ3v) is 8.56. The van der Waals surface area contributed by atoms with E-state index in [1.165, 1.54) is 9.80 Å². The number of hydrogen-bond acceptors (Lipinski definition) is 6. The van der Waals surface area contributed by atoms with E-state index in [0.717, 1.165) is 5.56 Å². The van der Waals surface area contributed by atoms with E-state index in [4.69, 9.17) is 21.1 Å². The van der Waals surface area contributed by atoms with E-state index >= 15 is 0 Å². The maximum atomic E-state index is 14.7. The van der Waals surface area contributed by atoms with E-state index in [9.17, 15) is 19.5 Å². The topological polar surface area (TPSA) is 96.4 Å². The van der Waals surface area contributed by atoms with Crippen molar-refractivity contribution in [3.05, 3.63) is 77.3 Å². The lowest BCUT2D eigenvalue weighted by Gasteiger charge is -2.39. The monoisotopic (exact) mass is 552 g/mol. The highest BCUT2D eigenvalue weighted by Crippen LogP contribution is 2.60. The van der Waals surface area contributed by atoms with Gasteiger partial charge in [-0.05, 0) is 43.9 Å². The van der Waals surface area contributed by atoms with Crippen LogP contribution in [0.4, 0.5) is 5.69 Å². The molecule has 3 aliphatic heterocycles. The van der Waals surface area contributed by atoms with E-state index in [0.29, 0.717) is 29.1 Å². The second-order valence-electron chi connectivity index (χ2n) is 10.3. The van der Waals surface area contributed by atoms with Crippen molar-refractivity contribution in [2.75, 3.05) is 24.7 Å². The van der Waals surface area contributed by atoms with Crippen LogP contribution in [0.15, 0.2) is 61.2 Å². The van der Waals surface area contributed by atoms with Crippen molar-refractivity contribution in [2.45, 2.75) is 50.5 Å². The van der Waals surface area contributed by atoms with Gasteiger partial charge in [0.05, 0.1) is 47.9 Å². The third-order valence-electron chi connectivity index (χ3n) is 8.26. The SMILES string of the molecule is C=CCN(C(=O)[C@H]1N([C@H](CO)c2ccccc2)C(=O)[C@@H]2[C@@H](C(=O)OCC)[C@H]3CC[C@]21O3)c1c(C)cccc1Cl. The minimum atomic E-state index is -1.24. The van der Waals surface area contributed by atoms with Crippen LogP contribution in [0, 0.1) is 18.8 Å². The fourth-order valence-corrected chi connectivity index (χ4v) is 7.10. The Morgan fingerprint density at radius 1 is 1.28 bits per heavy atom. The molecule has 3 saturated heterocycles. The molecule has 2 aromatic rings. The Kier molecular flexibility index (Phi) is 7.55. The Balaban J connectivity index is 1.67. The molecule has 3 heterocycles. The summed E-state index contributed by atoms with van der Waals surface area (Å²) in [5, 5.41) is 11.0. The fourth-order valence-electron chi connectivity index (χ4n) is 6.78. The minimum absolute atomic E-state index is 0.141. The summed E-state index contributed by atoms with van der Waals surface area (Å²) >= 11 is 6.61. The average molecular weight is 553 g/mol. The number of aliphatic hydroxyl groups is 1. The Morgan fingerprint density at radius 3 is 2.67 bits per heavy atom. The first-order valence-corrected chi connectivity index (χ1v) is 13.7. The molecule has 2 aromatic carbocycles. The zero-order chi connectivity index (χ0) is 27.9. The highest BCUT2D eigenvalue weighted by Gasteiger charge is 2.75. The van der Waals surface area contributed by atoms with E-state index < -0.39 is 60.0 Å². The van der Waals surface area contributed by atoms with Crippen molar-refractivity contribution in [1.29, 1.82) is 0 Å². The Morgan fingerprint density at radius 2 is 2.03 bits per heavy atom. The number of aryl methyl sites for hydroxylation is 1. The van der Waals surface area contributed by atoms with Crippen molar-refractivity contribution < 1.29 is 29.0 Å². The van der Waals surface area contributed by atoms with E-state index in [2.05, 4.69) is 6.58 Å². The number of aliphatic hydroxyl groups excluding tert-OH is 1. The lowest BCUT2D eigenvalue weighted by Crippen LogP contribution is -2.57. The van der Waals surface area contributed by atoms with Gasteiger partial charge in [-0.15, -0.1) is 6.58 Å². The number of esters is 1. The predicted molar refractivity (Wildman–Crippen MR) is 146 cm³/mol. The molecule has 0 aromatic heterocycles. The van der Waals surface area contributed by atoms with Gasteiger partial charge in [0.15, 0.2) is 0 Å². The smallest absolute Gasteiger partial charge is 0.312 e. The molecule has 206 valence electrons. The van der Waals surface area contributed by atoms with Crippen LogP contribution in [0.2, 0.25) is 5.02 Å². The second kappa shape index (κ2) is 10.8. The molecular formula is C30H33ClN2O6.